The van der Waals surface area contributed by atoms with Gasteiger partial charge in [0.25, 0.3) is 0 Å². The molecule has 2 aromatic carbocycles. The van der Waals surface area contributed by atoms with Crippen LogP contribution in [0.1, 0.15) is 35.1 Å². The molecule has 1 N–H and O–H groups in total. The molecule has 2 aliphatic heterocycles. The number of nitrogens with zero attached hydrogens (tertiary/aromatic N) is 2. The highest BCUT2D eigenvalue weighted by Gasteiger charge is 2.39. The maximum Gasteiger partial charge on any atom is 0.416 e. The summed E-state index contributed by atoms with van der Waals surface area (Å²) in [6, 6.07) is 14.1. The predicted octanol–water partition coefficient (Wildman–Crippen LogP) is 4.50. The molecule has 0 unspecified atom stereocenters. The quantitative estimate of drug-likeness (QED) is 0.709. The number of amides is 2. The topological polar surface area (TPSA) is 44.8 Å². The van der Waals surface area contributed by atoms with E-state index in [0.717, 1.165) is 30.5 Å². The van der Waals surface area contributed by atoms with E-state index in [-0.39, 0.29) is 18.1 Å². The number of nitrogens with one attached hydrogen (secondary N) is 1. The zero-order chi connectivity index (χ0) is 22.8. The molecule has 2 aromatic rings. The number of urea groups is 1. The second-order valence-electron chi connectivity index (χ2n) is 8.65. The largest absolute Gasteiger partial charge is 0.416 e. The molecule has 8 heteroatoms. The average Bonchev–Trinajstić information content (AvgIpc) is 3.20. The highest BCUT2D eigenvalue weighted by Crippen LogP contribution is 2.37. The summed E-state index contributed by atoms with van der Waals surface area (Å²) in [7, 11) is 0. The molecule has 0 bridgehead atoms. The van der Waals surface area contributed by atoms with Crippen LogP contribution in [0, 0.1) is 6.92 Å². The van der Waals surface area contributed by atoms with Crippen LogP contribution in [0.3, 0.4) is 0 Å². The van der Waals surface area contributed by atoms with Gasteiger partial charge in [0.05, 0.1) is 25.3 Å². The van der Waals surface area contributed by atoms with Gasteiger partial charge in [0.2, 0.25) is 0 Å². The van der Waals surface area contributed by atoms with E-state index in [4.69, 9.17) is 4.74 Å². The van der Waals surface area contributed by atoms with Crippen LogP contribution in [0.25, 0.3) is 0 Å². The molecule has 32 heavy (non-hydrogen) atoms. The van der Waals surface area contributed by atoms with Crippen molar-refractivity contribution in [1.29, 1.82) is 0 Å². The number of halogens is 3. The van der Waals surface area contributed by atoms with E-state index in [1.165, 1.54) is 0 Å². The van der Waals surface area contributed by atoms with Crippen molar-refractivity contribution in [3.8, 4) is 0 Å². The molecule has 2 amide bonds. The Morgan fingerprint density at radius 3 is 2.41 bits per heavy atom. The second kappa shape index (κ2) is 9.11. The highest BCUT2D eigenvalue weighted by atomic mass is 19.4. The molecule has 2 aliphatic rings. The van der Waals surface area contributed by atoms with Crippen LogP contribution in [0.15, 0.2) is 48.5 Å². The van der Waals surface area contributed by atoms with Crippen LogP contribution in [-0.4, -0.2) is 48.8 Å². The normalized spacial score (nSPS) is 19.2. The molecule has 0 saturated carbocycles. The summed E-state index contributed by atoms with van der Waals surface area (Å²) in [6.45, 7) is 4.95. The number of alkyl halides is 3. The smallest absolute Gasteiger partial charge is 0.376 e. The van der Waals surface area contributed by atoms with Crippen molar-refractivity contribution in [2.45, 2.75) is 38.0 Å². The molecular weight excluding hydrogens is 419 g/mol. The van der Waals surface area contributed by atoms with Crippen molar-refractivity contribution in [1.82, 2.24) is 15.3 Å². The van der Waals surface area contributed by atoms with E-state index in [9.17, 15) is 18.0 Å². The number of carbonyl (C=O) groups is 1. The Morgan fingerprint density at radius 1 is 1.06 bits per heavy atom. The SMILES string of the molecule is Cc1cc(COCC2(c3ccccc3)CCN(N3CCNC3=O)CC2)cc(C(F)(F)F)c1. The minimum atomic E-state index is -4.37. The lowest BCUT2D eigenvalue weighted by atomic mass is 9.73. The van der Waals surface area contributed by atoms with Crippen LogP contribution < -0.4 is 5.32 Å². The van der Waals surface area contributed by atoms with Crippen LogP contribution in [0.5, 0.6) is 0 Å². The Kier molecular flexibility index (Phi) is 6.44. The Morgan fingerprint density at radius 2 is 1.78 bits per heavy atom. The summed E-state index contributed by atoms with van der Waals surface area (Å²) in [4.78, 5) is 12.0. The van der Waals surface area contributed by atoms with E-state index < -0.39 is 11.7 Å². The molecule has 2 saturated heterocycles. The molecule has 172 valence electrons. The van der Waals surface area contributed by atoms with E-state index in [0.29, 0.717) is 43.9 Å². The molecule has 5 nitrogen and oxygen atoms in total. The summed E-state index contributed by atoms with van der Waals surface area (Å²) >= 11 is 0. The standard InChI is InChI=1S/C24H28F3N3O2/c1-18-13-19(15-21(14-18)24(25,26)27)16-32-17-23(20-5-3-2-4-6-20)7-10-29(11-8-23)30-12-9-28-22(30)31/h2-6,13-15H,7-12,16-17H2,1H3,(H,28,31). The lowest BCUT2D eigenvalue weighted by Gasteiger charge is -2.44. The molecule has 2 heterocycles. The second-order valence-corrected chi connectivity index (χ2v) is 8.65. The van der Waals surface area contributed by atoms with Gasteiger partial charge in [0, 0.05) is 25.0 Å². The summed E-state index contributed by atoms with van der Waals surface area (Å²) in [6.07, 6.45) is -2.79. The number of hydrazine groups is 1. The summed E-state index contributed by atoms with van der Waals surface area (Å²) in [5, 5.41) is 6.68. The number of benzene rings is 2. The maximum atomic E-state index is 13.2. The average molecular weight is 448 g/mol. The fraction of sp³-hybridized carbons (Fsp3) is 0.458. The predicted molar refractivity (Wildman–Crippen MR) is 115 cm³/mol. The first kappa shape index (κ1) is 22.6. The van der Waals surface area contributed by atoms with Gasteiger partial charge in [-0.2, -0.15) is 13.2 Å². The van der Waals surface area contributed by atoms with E-state index in [1.54, 1.807) is 18.0 Å². The molecule has 0 aromatic heterocycles. The fourth-order valence-electron chi connectivity index (χ4n) is 4.68. The van der Waals surface area contributed by atoms with Gasteiger partial charge in [-0.1, -0.05) is 42.0 Å². The van der Waals surface area contributed by atoms with Gasteiger partial charge in [-0.05, 0) is 43.0 Å². The highest BCUT2D eigenvalue weighted by molar-refractivity contribution is 5.75. The number of ether oxygens (including phenoxy) is 1. The Bertz CT molecular complexity index is 941. The lowest BCUT2D eigenvalue weighted by molar-refractivity contribution is -0.137. The summed E-state index contributed by atoms with van der Waals surface area (Å²) < 4.78 is 45.5. The molecule has 0 spiro atoms. The number of rotatable bonds is 6. The van der Waals surface area contributed by atoms with E-state index in [2.05, 4.69) is 22.5 Å². The van der Waals surface area contributed by atoms with Crippen molar-refractivity contribution < 1.29 is 22.7 Å². The number of piperidine rings is 1. The summed E-state index contributed by atoms with van der Waals surface area (Å²) in [5.41, 5.74) is 1.35. The van der Waals surface area contributed by atoms with Gasteiger partial charge in [-0.15, -0.1) is 0 Å². The van der Waals surface area contributed by atoms with Crippen LogP contribution in [0.4, 0.5) is 18.0 Å². The number of carbonyl (C=O) groups excluding carboxylic acids is 1. The van der Waals surface area contributed by atoms with Crippen molar-refractivity contribution >= 4 is 6.03 Å². The molecule has 4 rings (SSSR count). The number of hydrogen-bond donors (Lipinski definition) is 1. The zero-order valence-electron chi connectivity index (χ0n) is 18.1. The van der Waals surface area contributed by atoms with Crippen LogP contribution in [-0.2, 0) is 22.9 Å². The zero-order valence-corrected chi connectivity index (χ0v) is 18.1. The van der Waals surface area contributed by atoms with Gasteiger partial charge in [-0.3, -0.25) is 5.01 Å². The number of aryl methyl sites for hydroxylation is 1. The molecule has 0 aliphatic carbocycles. The van der Waals surface area contributed by atoms with E-state index >= 15 is 0 Å². The van der Waals surface area contributed by atoms with Crippen molar-refractivity contribution in [3.05, 3.63) is 70.8 Å². The summed E-state index contributed by atoms with van der Waals surface area (Å²) in [5.74, 6) is 0. The first-order valence-corrected chi connectivity index (χ1v) is 10.9. The maximum absolute atomic E-state index is 13.2. The number of hydrogen-bond acceptors (Lipinski definition) is 3. The third-order valence-electron chi connectivity index (χ3n) is 6.37. The van der Waals surface area contributed by atoms with E-state index in [1.807, 2.05) is 18.2 Å². The molecule has 0 radical (unpaired) electrons. The van der Waals surface area contributed by atoms with Gasteiger partial charge >= 0.3 is 12.2 Å². The Hall–Kier alpha value is -2.58. The Labute approximate surface area is 186 Å². The monoisotopic (exact) mass is 447 g/mol. The van der Waals surface area contributed by atoms with Gasteiger partial charge < -0.3 is 10.1 Å². The fourth-order valence-corrected chi connectivity index (χ4v) is 4.68. The van der Waals surface area contributed by atoms with Crippen molar-refractivity contribution in [3.63, 3.8) is 0 Å². The first-order chi connectivity index (χ1) is 15.3. The molecule has 2 fully saturated rings. The third kappa shape index (κ3) is 4.91. The van der Waals surface area contributed by atoms with Gasteiger partial charge in [0.15, 0.2) is 0 Å². The molecule has 0 atom stereocenters. The van der Waals surface area contributed by atoms with Crippen LogP contribution in [0.2, 0.25) is 0 Å². The lowest BCUT2D eigenvalue weighted by Crippen LogP contribution is -2.53. The van der Waals surface area contributed by atoms with Crippen molar-refractivity contribution in [2.75, 3.05) is 32.8 Å². The third-order valence-corrected chi connectivity index (χ3v) is 6.37. The first-order valence-electron chi connectivity index (χ1n) is 10.9. The Balaban J connectivity index is 1.46. The van der Waals surface area contributed by atoms with Crippen molar-refractivity contribution in [2.24, 2.45) is 0 Å². The van der Waals surface area contributed by atoms with Gasteiger partial charge in [-0.25, -0.2) is 9.80 Å². The minimum absolute atomic E-state index is 0.0617. The van der Waals surface area contributed by atoms with Crippen LogP contribution >= 0.6 is 0 Å². The molecular formula is C24H28F3N3O2. The minimum Gasteiger partial charge on any atom is -0.376 e. The van der Waals surface area contributed by atoms with Gasteiger partial charge in [0.1, 0.15) is 0 Å².